The van der Waals surface area contributed by atoms with Crippen molar-refractivity contribution in [1.82, 2.24) is 0 Å². The van der Waals surface area contributed by atoms with Gasteiger partial charge in [-0.15, -0.1) is 0 Å². The molecule has 0 spiro atoms. The molecule has 0 aliphatic carbocycles. The molecule has 0 aliphatic heterocycles. The molecule has 0 radical (unpaired) electrons. The number of nitrogens with zero attached hydrogens (tertiary/aromatic N) is 1. The van der Waals surface area contributed by atoms with Gasteiger partial charge in [0.2, 0.25) is 5.91 Å². The van der Waals surface area contributed by atoms with E-state index in [1.807, 2.05) is 37.3 Å². The van der Waals surface area contributed by atoms with Crippen LogP contribution in [0.5, 0.6) is 0 Å². The van der Waals surface area contributed by atoms with E-state index in [0.29, 0.717) is 13.2 Å². The van der Waals surface area contributed by atoms with Crippen molar-refractivity contribution < 1.29 is 14.3 Å². The van der Waals surface area contributed by atoms with Crippen LogP contribution >= 0.6 is 0 Å². The average Bonchev–Trinajstić information content (AvgIpc) is 2.58. The summed E-state index contributed by atoms with van der Waals surface area (Å²) in [6.45, 7) is 5.16. The maximum Gasteiger partial charge on any atom is 0.306 e. The van der Waals surface area contributed by atoms with Crippen LogP contribution < -0.4 is 4.90 Å². The predicted octanol–water partition coefficient (Wildman–Crippen LogP) is 4.33. The van der Waals surface area contributed by atoms with Gasteiger partial charge in [-0.25, -0.2) is 0 Å². The molecular formula is C19H29NO3. The normalized spacial score (nSPS) is 10.3. The van der Waals surface area contributed by atoms with Crippen LogP contribution in [0.3, 0.4) is 0 Å². The summed E-state index contributed by atoms with van der Waals surface area (Å²) in [6.07, 6.45) is 5.97. The molecule has 23 heavy (non-hydrogen) atoms. The zero-order valence-electron chi connectivity index (χ0n) is 14.4. The lowest BCUT2D eigenvalue weighted by Gasteiger charge is -2.20. The smallest absolute Gasteiger partial charge is 0.306 e. The van der Waals surface area contributed by atoms with Gasteiger partial charge in [-0.05, 0) is 25.5 Å². The number of unbranched alkanes of at least 4 members (excludes halogenated alkanes) is 4. The average molecular weight is 319 g/mol. The van der Waals surface area contributed by atoms with E-state index in [9.17, 15) is 9.59 Å². The first-order valence-electron chi connectivity index (χ1n) is 8.70. The first-order valence-corrected chi connectivity index (χ1v) is 8.70. The summed E-state index contributed by atoms with van der Waals surface area (Å²) >= 11 is 0. The topological polar surface area (TPSA) is 46.6 Å². The molecule has 1 amide bonds. The molecule has 0 aliphatic rings. The van der Waals surface area contributed by atoms with E-state index in [1.165, 1.54) is 19.3 Å². The summed E-state index contributed by atoms with van der Waals surface area (Å²) < 4.78 is 5.18. The number of benzene rings is 1. The van der Waals surface area contributed by atoms with E-state index < -0.39 is 0 Å². The molecule has 1 aromatic carbocycles. The highest BCUT2D eigenvalue weighted by atomic mass is 16.5. The Bertz CT molecular complexity index is 459. The Morgan fingerprint density at radius 1 is 0.957 bits per heavy atom. The van der Waals surface area contributed by atoms with E-state index in [1.54, 1.807) is 4.90 Å². The number of hydrogen-bond donors (Lipinski definition) is 0. The minimum absolute atomic E-state index is 0.0430. The standard InChI is InChI=1S/C19H29NO3/c1-3-5-6-7-11-16-23-19(22)15-14-18(21)20(4-2)17-12-9-8-10-13-17/h8-10,12-13H,3-7,11,14-16H2,1-2H3. The predicted molar refractivity (Wildman–Crippen MR) is 93.4 cm³/mol. The van der Waals surface area contributed by atoms with Crippen molar-refractivity contribution in [1.29, 1.82) is 0 Å². The fourth-order valence-corrected chi connectivity index (χ4v) is 2.42. The minimum atomic E-state index is -0.280. The van der Waals surface area contributed by atoms with Gasteiger partial charge >= 0.3 is 5.97 Å². The van der Waals surface area contributed by atoms with Crippen molar-refractivity contribution in [3.05, 3.63) is 30.3 Å². The van der Waals surface area contributed by atoms with Crippen molar-refractivity contribution in [3.8, 4) is 0 Å². The third-order valence-corrected chi connectivity index (χ3v) is 3.74. The number of anilines is 1. The Kier molecular flexibility index (Phi) is 9.76. The summed E-state index contributed by atoms with van der Waals surface area (Å²) in [5.41, 5.74) is 0.865. The van der Waals surface area contributed by atoms with Crippen LogP contribution in [0.4, 0.5) is 5.69 Å². The van der Waals surface area contributed by atoms with Crippen LogP contribution in [0.15, 0.2) is 30.3 Å². The minimum Gasteiger partial charge on any atom is -0.466 e. The van der Waals surface area contributed by atoms with Gasteiger partial charge in [0.25, 0.3) is 0 Å². The number of hydrogen-bond acceptors (Lipinski definition) is 3. The van der Waals surface area contributed by atoms with Gasteiger partial charge in [-0.1, -0.05) is 50.8 Å². The Balaban J connectivity index is 2.25. The van der Waals surface area contributed by atoms with Crippen LogP contribution in [0.25, 0.3) is 0 Å². The Hall–Kier alpha value is -1.84. The number of rotatable bonds is 11. The molecule has 128 valence electrons. The van der Waals surface area contributed by atoms with Crippen molar-refractivity contribution in [2.75, 3.05) is 18.1 Å². The molecule has 0 saturated carbocycles. The highest BCUT2D eigenvalue weighted by Gasteiger charge is 2.15. The second-order valence-electron chi connectivity index (χ2n) is 5.61. The van der Waals surface area contributed by atoms with E-state index in [2.05, 4.69) is 6.92 Å². The summed E-state index contributed by atoms with van der Waals surface area (Å²) in [5, 5.41) is 0. The number of carbonyl (C=O) groups excluding carboxylic acids is 2. The van der Waals surface area contributed by atoms with Crippen molar-refractivity contribution in [3.63, 3.8) is 0 Å². The molecular weight excluding hydrogens is 290 g/mol. The summed E-state index contributed by atoms with van der Waals surface area (Å²) in [7, 11) is 0. The van der Waals surface area contributed by atoms with Crippen LogP contribution in [0.2, 0.25) is 0 Å². The lowest BCUT2D eigenvalue weighted by Crippen LogP contribution is -2.30. The molecule has 1 rings (SSSR count). The molecule has 0 atom stereocenters. The Morgan fingerprint density at radius 2 is 1.65 bits per heavy atom. The fourth-order valence-electron chi connectivity index (χ4n) is 2.42. The van der Waals surface area contributed by atoms with Gasteiger partial charge in [-0.2, -0.15) is 0 Å². The molecule has 0 heterocycles. The molecule has 0 fully saturated rings. The van der Waals surface area contributed by atoms with Gasteiger partial charge in [0, 0.05) is 18.7 Å². The monoisotopic (exact) mass is 319 g/mol. The van der Waals surface area contributed by atoms with E-state index in [4.69, 9.17) is 4.74 Å². The van der Waals surface area contributed by atoms with Crippen LogP contribution in [0, 0.1) is 0 Å². The summed E-state index contributed by atoms with van der Waals surface area (Å²) in [5.74, 6) is -0.323. The van der Waals surface area contributed by atoms with Gasteiger partial charge in [0.1, 0.15) is 0 Å². The molecule has 0 aromatic heterocycles. The van der Waals surface area contributed by atoms with E-state index in [0.717, 1.165) is 18.5 Å². The molecule has 0 bridgehead atoms. The number of para-hydroxylation sites is 1. The van der Waals surface area contributed by atoms with Gasteiger partial charge in [-0.3, -0.25) is 9.59 Å². The highest BCUT2D eigenvalue weighted by Crippen LogP contribution is 2.14. The maximum absolute atomic E-state index is 12.2. The van der Waals surface area contributed by atoms with Gasteiger partial charge in [0.05, 0.1) is 13.0 Å². The number of esters is 1. The number of carbonyl (C=O) groups is 2. The lowest BCUT2D eigenvalue weighted by molar-refractivity contribution is -0.144. The summed E-state index contributed by atoms with van der Waals surface area (Å²) in [4.78, 5) is 25.6. The Morgan fingerprint density at radius 3 is 2.30 bits per heavy atom. The molecule has 4 heteroatoms. The van der Waals surface area contributed by atoms with E-state index >= 15 is 0 Å². The van der Waals surface area contributed by atoms with Gasteiger partial charge in [0.15, 0.2) is 0 Å². The zero-order chi connectivity index (χ0) is 16.9. The summed E-state index contributed by atoms with van der Waals surface area (Å²) in [6, 6.07) is 9.52. The number of ether oxygens (including phenoxy) is 1. The first kappa shape index (κ1) is 19.2. The quantitative estimate of drug-likeness (QED) is 0.450. The third kappa shape index (κ3) is 7.82. The number of amides is 1. The third-order valence-electron chi connectivity index (χ3n) is 3.74. The molecule has 0 saturated heterocycles. The molecule has 0 N–H and O–H groups in total. The zero-order valence-corrected chi connectivity index (χ0v) is 14.4. The maximum atomic E-state index is 12.2. The van der Waals surface area contributed by atoms with Crippen LogP contribution in [0.1, 0.15) is 58.8 Å². The van der Waals surface area contributed by atoms with Crippen molar-refractivity contribution >= 4 is 17.6 Å². The molecule has 1 aromatic rings. The SMILES string of the molecule is CCCCCCCOC(=O)CCC(=O)N(CC)c1ccccc1. The van der Waals surface area contributed by atoms with Gasteiger partial charge < -0.3 is 9.64 Å². The second-order valence-corrected chi connectivity index (χ2v) is 5.61. The largest absolute Gasteiger partial charge is 0.466 e. The van der Waals surface area contributed by atoms with Crippen molar-refractivity contribution in [2.45, 2.75) is 58.8 Å². The Labute approximate surface area is 139 Å². The van der Waals surface area contributed by atoms with Crippen LogP contribution in [-0.2, 0) is 14.3 Å². The molecule has 0 unspecified atom stereocenters. The first-order chi connectivity index (χ1) is 11.2. The lowest BCUT2D eigenvalue weighted by atomic mass is 10.2. The molecule has 4 nitrogen and oxygen atoms in total. The van der Waals surface area contributed by atoms with Crippen molar-refractivity contribution in [2.24, 2.45) is 0 Å². The van der Waals surface area contributed by atoms with E-state index in [-0.39, 0.29) is 24.7 Å². The second kappa shape index (κ2) is 11.7. The highest BCUT2D eigenvalue weighted by molar-refractivity contribution is 5.94. The van der Waals surface area contributed by atoms with Crippen LogP contribution in [-0.4, -0.2) is 25.0 Å². The fraction of sp³-hybridized carbons (Fsp3) is 0.579.